The Morgan fingerprint density at radius 3 is 2.71 bits per heavy atom. The summed E-state index contributed by atoms with van der Waals surface area (Å²) in [5, 5.41) is 3.25. The van der Waals surface area contributed by atoms with Gasteiger partial charge < -0.3 is 5.32 Å². The van der Waals surface area contributed by atoms with E-state index in [1.807, 2.05) is 0 Å². The Balaban J connectivity index is 2.18. The minimum absolute atomic E-state index is 0.332. The summed E-state index contributed by atoms with van der Waals surface area (Å²) in [6.45, 7) is 1.89. The largest absolute Gasteiger partial charge is 0.316 e. The molecule has 1 fully saturated rings. The van der Waals surface area contributed by atoms with Crippen LogP contribution in [-0.4, -0.2) is 13.1 Å². The molecule has 3 heteroatoms. The molecule has 1 N–H and O–H groups in total. The van der Waals surface area contributed by atoms with E-state index in [1.54, 1.807) is 6.07 Å². The smallest absolute Gasteiger partial charge is 0.159 e. The molecule has 0 aromatic heterocycles. The van der Waals surface area contributed by atoms with Gasteiger partial charge in [-0.2, -0.15) is 0 Å². The maximum absolute atomic E-state index is 12.9. The van der Waals surface area contributed by atoms with E-state index >= 15 is 0 Å². The molecule has 1 aliphatic rings. The highest BCUT2D eigenvalue weighted by Gasteiger charge is 2.16. The van der Waals surface area contributed by atoms with Crippen LogP contribution in [0.4, 0.5) is 8.78 Å². The van der Waals surface area contributed by atoms with Crippen LogP contribution in [0.1, 0.15) is 24.3 Å². The first-order chi connectivity index (χ1) is 6.77. The fourth-order valence-corrected chi connectivity index (χ4v) is 1.90. The van der Waals surface area contributed by atoms with Crippen molar-refractivity contribution in [1.29, 1.82) is 0 Å². The maximum Gasteiger partial charge on any atom is 0.159 e. The second-order valence-corrected chi connectivity index (χ2v) is 3.72. The van der Waals surface area contributed by atoms with E-state index in [-0.39, 0.29) is 0 Å². The number of hydrogen-bond acceptors (Lipinski definition) is 1. The highest BCUT2D eigenvalue weighted by atomic mass is 19.2. The number of piperidine rings is 1. The Morgan fingerprint density at radius 2 is 2.07 bits per heavy atom. The summed E-state index contributed by atoms with van der Waals surface area (Å²) in [5.41, 5.74) is 0.899. The molecule has 1 aromatic carbocycles. The Bertz CT molecular complexity index is 319. The van der Waals surface area contributed by atoms with Crippen molar-refractivity contribution in [2.24, 2.45) is 0 Å². The minimum atomic E-state index is -0.766. The first kappa shape index (κ1) is 9.59. The van der Waals surface area contributed by atoms with Crippen LogP contribution in [0.3, 0.4) is 0 Å². The number of nitrogens with one attached hydrogen (secondary N) is 1. The van der Waals surface area contributed by atoms with Gasteiger partial charge in [-0.1, -0.05) is 6.07 Å². The van der Waals surface area contributed by atoms with Crippen molar-refractivity contribution < 1.29 is 8.78 Å². The van der Waals surface area contributed by atoms with Gasteiger partial charge in [-0.3, -0.25) is 0 Å². The first-order valence-corrected chi connectivity index (χ1v) is 4.93. The van der Waals surface area contributed by atoms with Crippen LogP contribution in [-0.2, 0) is 0 Å². The first-order valence-electron chi connectivity index (χ1n) is 4.93. The molecule has 0 spiro atoms. The molecular weight excluding hydrogens is 184 g/mol. The van der Waals surface area contributed by atoms with E-state index < -0.39 is 11.6 Å². The lowest BCUT2D eigenvalue weighted by Crippen LogP contribution is -2.28. The van der Waals surface area contributed by atoms with E-state index in [4.69, 9.17) is 0 Å². The van der Waals surface area contributed by atoms with Crippen molar-refractivity contribution in [3.8, 4) is 0 Å². The van der Waals surface area contributed by atoms with Crippen LogP contribution in [0.2, 0.25) is 0 Å². The predicted molar refractivity (Wildman–Crippen MR) is 51.2 cm³/mol. The summed E-state index contributed by atoms with van der Waals surface area (Å²) in [7, 11) is 0. The van der Waals surface area contributed by atoms with Gasteiger partial charge in [-0.05, 0) is 43.0 Å². The van der Waals surface area contributed by atoms with Crippen molar-refractivity contribution in [2.75, 3.05) is 13.1 Å². The zero-order valence-electron chi connectivity index (χ0n) is 7.89. The summed E-state index contributed by atoms with van der Waals surface area (Å²) in [5.74, 6) is -1.18. The highest BCUT2D eigenvalue weighted by molar-refractivity contribution is 5.22. The minimum Gasteiger partial charge on any atom is -0.316 e. The van der Waals surface area contributed by atoms with Gasteiger partial charge in [-0.25, -0.2) is 8.78 Å². The summed E-state index contributed by atoms with van der Waals surface area (Å²) < 4.78 is 25.6. The topological polar surface area (TPSA) is 12.0 Å². The second kappa shape index (κ2) is 4.05. The predicted octanol–water partition coefficient (Wildman–Crippen LogP) is 2.43. The average Bonchev–Trinajstić information content (AvgIpc) is 2.23. The molecular formula is C11H13F2N. The maximum atomic E-state index is 12.9. The van der Waals surface area contributed by atoms with E-state index in [2.05, 4.69) is 5.32 Å². The van der Waals surface area contributed by atoms with E-state index in [0.717, 1.165) is 31.5 Å². The van der Waals surface area contributed by atoms with Gasteiger partial charge in [0.25, 0.3) is 0 Å². The van der Waals surface area contributed by atoms with Gasteiger partial charge in [0.1, 0.15) is 0 Å². The molecule has 0 bridgehead atoms. The van der Waals surface area contributed by atoms with Gasteiger partial charge in [0.05, 0.1) is 0 Å². The molecule has 76 valence electrons. The fraction of sp³-hybridized carbons (Fsp3) is 0.455. The fourth-order valence-electron chi connectivity index (χ4n) is 1.90. The molecule has 0 unspecified atom stereocenters. The molecule has 0 saturated carbocycles. The van der Waals surface area contributed by atoms with Crippen molar-refractivity contribution >= 4 is 0 Å². The van der Waals surface area contributed by atoms with Gasteiger partial charge in [0.15, 0.2) is 11.6 Å². The van der Waals surface area contributed by atoms with Gasteiger partial charge >= 0.3 is 0 Å². The summed E-state index contributed by atoms with van der Waals surface area (Å²) >= 11 is 0. The standard InChI is InChI=1S/C11H13F2N/c12-10-4-3-8(6-11(10)13)9-2-1-5-14-7-9/h3-4,6,9,14H,1-2,5,7H2/t9-/m1/s1. The summed E-state index contributed by atoms with van der Waals surface area (Å²) in [6, 6.07) is 4.20. The van der Waals surface area contributed by atoms with Crippen molar-refractivity contribution in [1.82, 2.24) is 5.32 Å². The second-order valence-electron chi connectivity index (χ2n) is 3.72. The SMILES string of the molecule is Fc1ccc([C@@H]2CCCNC2)cc1F. The Morgan fingerprint density at radius 1 is 1.21 bits per heavy atom. The van der Waals surface area contributed by atoms with E-state index in [9.17, 15) is 8.78 Å². The van der Waals surface area contributed by atoms with Crippen LogP contribution in [0.25, 0.3) is 0 Å². The molecule has 1 heterocycles. The van der Waals surface area contributed by atoms with Crippen LogP contribution in [0, 0.1) is 11.6 Å². The molecule has 0 amide bonds. The Hall–Kier alpha value is -0.960. The number of hydrogen-bond donors (Lipinski definition) is 1. The lowest BCUT2D eigenvalue weighted by Gasteiger charge is -2.23. The third-order valence-corrected chi connectivity index (χ3v) is 2.71. The molecule has 1 atom stereocenters. The van der Waals surface area contributed by atoms with Crippen LogP contribution in [0.5, 0.6) is 0 Å². The Kier molecular flexibility index (Phi) is 2.77. The van der Waals surface area contributed by atoms with Gasteiger partial charge in [-0.15, -0.1) is 0 Å². The van der Waals surface area contributed by atoms with Crippen molar-refractivity contribution in [3.63, 3.8) is 0 Å². The zero-order valence-corrected chi connectivity index (χ0v) is 7.89. The van der Waals surface area contributed by atoms with E-state index in [0.29, 0.717) is 5.92 Å². The highest BCUT2D eigenvalue weighted by Crippen LogP contribution is 2.24. The van der Waals surface area contributed by atoms with Crippen molar-refractivity contribution in [2.45, 2.75) is 18.8 Å². The average molecular weight is 197 g/mol. The lowest BCUT2D eigenvalue weighted by molar-refractivity contribution is 0.455. The van der Waals surface area contributed by atoms with Gasteiger partial charge in [0.2, 0.25) is 0 Å². The van der Waals surface area contributed by atoms with Crippen LogP contribution < -0.4 is 5.32 Å². The molecule has 0 radical (unpaired) electrons. The molecule has 1 saturated heterocycles. The lowest BCUT2D eigenvalue weighted by atomic mass is 9.92. The van der Waals surface area contributed by atoms with Gasteiger partial charge in [0, 0.05) is 6.54 Å². The molecule has 2 rings (SSSR count). The molecule has 1 aliphatic heterocycles. The quantitative estimate of drug-likeness (QED) is 0.729. The van der Waals surface area contributed by atoms with Crippen molar-refractivity contribution in [3.05, 3.63) is 35.4 Å². The molecule has 1 aromatic rings. The number of rotatable bonds is 1. The third kappa shape index (κ3) is 1.93. The Labute approximate surface area is 82.1 Å². The zero-order chi connectivity index (χ0) is 9.97. The summed E-state index contributed by atoms with van der Waals surface area (Å²) in [4.78, 5) is 0. The van der Waals surface area contributed by atoms with E-state index in [1.165, 1.54) is 12.1 Å². The van der Waals surface area contributed by atoms with Crippen LogP contribution in [0.15, 0.2) is 18.2 Å². The molecule has 1 nitrogen and oxygen atoms in total. The third-order valence-electron chi connectivity index (χ3n) is 2.71. The summed E-state index contributed by atoms with van der Waals surface area (Å²) in [6.07, 6.45) is 2.15. The molecule has 0 aliphatic carbocycles. The number of halogens is 2. The van der Waals surface area contributed by atoms with Crippen LogP contribution >= 0.6 is 0 Å². The normalized spacial score (nSPS) is 22.3. The monoisotopic (exact) mass is 197 g/mol. The molecule has 14 heavy (non-hydrogen) atoms. The number of benzene rings is 1.